The Morgan fingerprint density at radius 2 is 1.83 bits per heavy atom. The van der Waals surface area contributed by atoms with Gasteiger partial charge in [0.25, 0.3) is 0 Å². The quantitative estimate of drug-likeness (QED) is 0.0897. The molecule has 1 fully saturated rings. The van der Waals surface area contributed by atoms with Gasteiger partial charge in [-0.05, 0) is 75.8 Å². The van der Waals surface area contributed by atoms with Crippen LogP contribution in [0.25, 0.3) is 28.0 Å². The molecule has 5 rings (SSSR count). The molecular formula is C39H45ClN4O4. The fourth-order valence-corrected chi connectivity index (χ4v) is 6.27. The van der Waals surface area contributed by atoms with E-state index in [0.717, 1.165) is 54.1 Å². The molecule has 4 aromatic rings. The summed E-state index contributed by atoms with van der Waals surface area (Å²) >= 11 is 6.42. The molecule has 0 radical (unpaired) electrons. The highest BCUT2D eigenvalue weighted by Crippen LogP contribution is 2.41. The minimum atomic E-state index is -0.997. The second-order valence-corrected chi connectivity index (χ2v) is 13.9. The number of esters is 1. The van der Waals surface area contributed by atoms with E-state index in [0.29, 0.717) is 34.3 Å². The van der Waals surface area contributed by atoms with E-state index in [1.807, 2.05) is 86.8 Å². The van der Waals surface area contributed by atoms with Gasteiger partial charge in [-0.2, -0.15) is 9.61 Å². The Morgan fingerprint density at radius 1 is 1.10 bits per heavy atom. The molecule has 8 nitrogen and oxygen atoms in total. The summed E-state index contributed by atoms with van der Waals surface area (Å²) in [6.07, 6.45) is 8.61. The first kappa shape index (κ1) is 34.9. The summed E-state index contributed by atoms with van der Waals surface area (Å²) < 4.78 is 19.5. The average Bonchev–Trinajstić information content (AvgIpc) is 3.49. The van der Waals surface area contributed by atoms with Crippen LogP contribution in [0.2, 0.25) is 5.02 Å². The Morgan fingerprint density at radius 3 is 2.50 bits per heavy atom. The first-order valence-electron chi connectivity index (χ1n) is 16.2. The van der Waals surface area contributed by atoms with Gasteiger partial charge in [-0.25, -0.2) is 9.78 Å². The van der Waals surface area contributed by atoms with Crippen LogP contribution in [-0.4, -0.2) is 53.0 Å². The maximum atomic E-state index is 13.4. The SMILES string of the molecule is C=CC=CC1(C)CCN(c2c([C@H](OC(C)(C)C)C(=O)OC)c(C)nc3cc(-c4cccc(-c5cc(Cl)ccc5OCC=C)c4)nn23)CC1. The zero-order chi connectivity index (χ0) is 34.6. The number of carbonyl (C=O) groups is 1. The number of anilines is 1. The summed E-state index contributed by atoms with van der Waals surface area (Å²) in [6.45, 7) is 19.5. The lowest BCUT2D eigenvalue weighted by Crippen LogP contribution is -2.40. The zero-order valence-electron chi connectivity index (χ0n) is 28.8. The Kier molecular flexibility index (Phi) is 10.5. The summed E-state index contributed by atoms with van der Waals surface area (Å²) in [6, 6.07) is 15.7. The van der Waals surface area contributed by atoms with E-state index in [2.05, 4.69) is 37.1 Å². The van der Waals surface area contributed by atoms with Gasteiger partial charge < -0.3 is 19.1 Å². The number of ether oxygens (including phenoxy) is 3. The number of methoxy groups -OCH3 is 1. The van der Waals surface area contributed by atoms with Crippen LogP contribution < -0.4 is 9.64 Å². The number of aromatic nitrogens is 3. The molecule has 48 heavy (non-hydrogen) atoms. The maximum Gasteiger partial charge on any atom is 0.339 e. The lowest BCUT2D eigenvalue weighted by molar-refractivity contribution is -0.164. The number of nitrogens with zero attached hydrogens (tertiary/aromatic N) is 4. The van der Waals surface area contributed by atoms with Crippen molar-refractivity contribution in [1.29, 1.82) is 0 Å². The molecule has 2 aromatic carbocycles. The van der Waals surface area contributed by atoms with Crippen molar-refractivity contribution in [2.24, 2.45) is 5.41 Å². The number of halogens is 1. The molecule has 1 aliphatic heterocycles. The maximum absolute atomic E-state index is 13.4. The van der Waals surface area contributed by atoms with Gasteiger partial charge in [-0.15, -0.1) is 0 Å². The van der Waals surface area contributed by atoms with Crippen molar-refractivity contribution in [3.8, 4) is 28.1 Å². The van der Waals surface area contributed by atoms with E-state index < -0.39 is 17.7 Å². The number of rotatable bonds is 11. The first-order chi connectivity index (χ1) is 22.9. The molecule has 0 unspecified atom stereocenters. The molecule has 1 saturated heterocycles. The van der Waals surface area contributed by atoms with Gasteiger partial charge in [0.05, 0.1) is 24.0 Å². The van der Waals surface area contributed by atoms with Crippen molar-refractivity contribution in [2.45, 2.75) is 59.2 Å². The molecule has 0 saturated carbocycles. The highest BCUT2D eigenvalue weighted by molar-refractivity contribution is 6.31. The molecule has 0 N–H and O–H groups in total. The van der Waals surface area contributed by atoms with E-state index in [4.69, 9.17) is 35.9 Å². The Labute approximate surface area is 288 Å². The number of carbonyl (C=O) groups excluding carboxylic acids is 1. The van der Waals surface area contributed by atoms with Crippen molar-refractivity contribution < 1.29 is 19.0 Å². The molecule has 1 atom stereocenters. The first-order valence-corrected chi connectivity index (χ1v) is 16.6. The van der Waals surface area contributed by atoms with Gasteiger partial charge in [0, 0.05) is 41.0 Å². The molecule has 3 heterocycles. The zero-order valence-corrected chi connectivity index (χ0v) is 29.5. The smallest absolute Gasteiger partial charge is 0.339 e. The minimum absolute atomic E-state index is 0.0278. The van der Waals surface area contributed by atoms with Gasteiger partial charge in [0.15, 0.2) is 11.8 Å². The minimum Gasteiger partial charge on any atom is -0.489 e. The highest BCUT2D eigenvalue weighted by atomic mass is 35.5. The second kappa shape index (κ2) is 14.4. The van der Waals surface area contributed by atoms with Gasteiger partial charge in [0.2, 0.25) is 0 Å². The van der Waals surface area contributed by atoms with Crippen molar-refractivity contribution in [3.05, 3.63) is 102 Å². The number of aryl methyl sites for hydroxylation is 1. The number of hydrogen-bond acceptors (Lipinski definition) is 7. The Balaban J connectivity index is 1.66. The van der Waals surface area contributed by atoms with Crippen molar-refractivity contribution in [2.75, 3.05) is 31.7 Å². The number of allylic oxidation sites excluding steroid dienone is 3. The van der Waals surface area contributed by atoms with E-state index in [1.165, 1.54) is 7.11 Å². The summed E-state index contributed by atoms with van der Waals surface area (Å²) in [5.74, 6) is 1.01. The van der Waals surface area contributed by atoms with Gasteiger partial charge in [0.1, 0.15) is 18.2 Å². The fraction of sp³-hybridized carbons (Fsp3) is 0.359. The lowest BCUT2D eigenvalue weighted by Gasteiger charge is -2.40. The van der Waals surface area contributed by atoms with E-state index >= 15 is 0 Å². The van der Waals surface area contributed by atoms with Crippen LogP contribution in [0, 0.1) is 12.3 Å². The summed E-state index contributed by atoms with van der Waals surface area (Å²) in [5.41, 5.74) is 4.84. The van der Waals surface area contributed by atoms with Gasteiger partial charge >= 0.3 is 5.97 Å². The van der Waals surface area contributed by atoms with Crippen LogP contribution >= 0.6 is 11.6 Å². The molecular weight excluding hydrogens is 624 g/mol. The number of benzene rings is 2. The summed E-state index contributed by atoms with van der Waals surface area (Å²) in [4.78, 5) is 20.7. The molecule has 0 spiro atoms. The normalized spacial score (nSPS) is 15.4. The summed E-state index contributed by atoms with van der Waals surface area (Å²) in [7, 11) is 1.38. The molecule has 252 valence electrons. The third-order valence-electron chi connectivity index (χ3n) is 8.56. The number of fused-ring (bicyclic) bond motifs is 1. The Hall–Kier alpha value is -4.40. The third-order valence-corrected chi connectivity index (χ3v) is 8.80. The monoisotopic (exact) mass is 668 g/mol. The van der Waals surface area contributed by atoms with Crippen molar-refractivity contribution in [1.82, 2.24) is 14.6 Å². The highest BCUT2D eigenvalue weighted by Gasteiger charge is 2.37. The van der Waals surface area contributed by atoms with E-state index in [9.17, 15) is 4.79 Å². The van der Waals surface area contributed by atoms with Crippen LogP contribution in [0.1, 0.15) is 57.9 Å². The van der Waals surface area contributed by atoms with Gasteiger partial charge in [-0.3, -0.25) is 0 Å². The van der Waals surface area contributed by atoms with Crippen LogP contribution in [0.3, 0.4) is 0 Å². The molecule has 0 aliphatic carbocycles. The summed E-state index contributed by atoms with van der Waals surface area (Å²) in [5, 5.41) is 5.75. The standard InChI is InChI=1S/C39H45ClN4O4/c1-9-11-17-39(7)18-20-43(21-19-39)36-34(35(37(45)46-8)48-38(4,5)6)26(3)41-33-25-31(42-44(33)36)28-14-12-13-27(23-28)30-24-29(40)15-16-32(30)47-22-10-2/h9-17,23-25,35H,1-2,18-22H2,3-8H3/t35-/m0/s1. The number of hydrogen-bond donors (Lipinski definition) is 0. The van der Waals surface area contributed by atoms with Crippen LogP contribution in [-0.2, 0) is 14.3 Å². The second-order valence-electron chi connectivity index (χ2n) is 13.4. The molecule has 0 bridgehead atoms. The van der Waals surface area contributed by atoms with Crippen molar-refractivity contribution >= 4 is 29.0 Å². The predicted molar refractivity (Wildman–Crippen MR) is 194 cm³/mol. The molecule has 1 aliphatic rings. The van der Waals surface area contributed by atoms with Crippen molar-refractivity contribution in [3.63, 3.8) is 0 Å². The molecule has 9 heteroatoms. The number of piperidine rings is 1. The Bertz CT molecular complexity index is 1850. The van der Waals surface area contributed by atoms with Crippen LogP contribution in [0.5, 0.6) is 5.75 Å². The molecule has 0 amide bonds. The molecule has 2 aromatic heterocycles. The average molecular weight is 669 g/mol. The van der Waals surface area contributed by atoms with E-state index in [-0.39, 0.29) is 5.41 Å². The third kappa shape index (κ3) is 7.66. The van der Waals surface area contributed by atoms with E-state index in [1.54, 1.807) is 6.08 Å². The van der Waals surface area contributed by atoms with Gasteiger partial charge in [-0.1, -0.05) is 74.2 Å². The topological polar surface area (TPSA) is 78.2 Å². The largest absolute Gasteiger partial charge is 0.489 e. The fourth-order valence-electron chi connectivity index (χ4n) is 6.10. The predicted octanol–water partition coefficient (Wildman–Crippen LogP) is 8.97. The van der Waals surface area contributed by atoms with Crippen LogP contribution in [0.15, 0.2) is 86.0 Å². The van der Waals surface area contributed by atoms with Crippen LogP contribution in [0.4, 0.5) is 5.82 Å². The lowest BCUT2D eigenvalue weighted by atomic mass is 9.80.